The molecule has 0 amide bonds. The molecule has 96 valence electrons. The number of hydrogen-bond donors (Lipinski definition) is 1. The van der Waals surface area contributed by atoms with Crippen molar-refractivity contribution in [3.05, 3.63) is 61.6 Å². The maximum atomic E-state index is 12.5. The smallest absolute Gasteiger partial charge is 0.306 e. The summed E-state index contributed by atoms with van der Waals surface area (Å²) in [4.78, 5) is 28.4. The van der Waals surface area contributed by atoms with Gasteiger partial charge in [0.2, 0.25) is 0 Å². The Bertz CT molecular complexity index is 886. The van der Waals surface area contributed by atoms with Gasteiger partial charge >= 0.3 is 5.69 Å². The first-order chi connectivity index (χ1) is 9.08. The zero-order valence-electron chi connectivity index (χ0n) is 10.6. The van der Waals surface area contributed by atoms with E-state index < -0.39 is 5.69 Å². The lowest BCUT2D eigenvalue weighted by atomic mass is 10.1. The predicted molar refractivity (Wildman–Crippen MR) is 77.5 cm³/mol. The molecule has 1 aromatic carbocycles. The standard InChI is InChI=1S/C14H12N2O2S/c1-8-4-3-5-10-12(8)15-14(18)16(13(10)17)11-7-6-9(2)19-11/h3-7H,1-2H3,(H,15,18). The number of hydrogen-bond acceptors (Lipinski definition) is 3. The van der Waals surface area contributed by atoms with Crippen LogP contribution in [0.25, 0.3) is 15.9 Å². The van der Waals surface area contributed by atoms with Crippen molar-refractivity contribution in [2.24, 2.45) is 0 Å². The first-order valence-corrected chi connectivity index (χ1v) is 6.71. The number of thiophene rings is 1. The normalized spacial score (nSPS) is 11.1. The molecular weight excluding hydrogens is 260 g/mol. The molecule has 0 aliphatic carbocycles. The van der Waals surface area contributed by atoms with Gasteiger partial charge in [-0.1, -0.05) is 12.1 Å². The van der Waals surface area contributed by atoms with E-state index >= 15 is 0 Å². The van der Waals surface area contributed by atoms with Crippen molar-refractivity contribution in [3.63, 3.8) is 0 Å². The first kappa shape index (κ1) is 11.9. The second-order valence-corrected chi connectivity index (χ2v) is 5.72. The Labute approximate surface area is 113 Å². The minimum atomic E-state index is -0.395. The Balaban J connectivity index is 2.45. The SMILES string of the molecule is Cc1ccc(-n2c(=O)[nH]c3c(C)cccc3c2=O)s1. The number of aryl methyl sites for hydroxylation is 2. The van der Waals surface area contributed by atoms with E-state index in [4.69, 9.17) is 0 Å². The van der Waals surface area contributed by atoms with Gasteiger partial charge in [0.05, 0.1) is 10.9 Å². The third kappa shape index (κ3) is 1.82. The van der Waals surface area contributed by atoms with Crippen molar-refractivity contribution in [3.8, 4) is 5.00 Å². The number of H-pyrrole nitrogens is 1. The lowest BCUT2D eigenvalue weighted by Gasteiger charge is -2.05. The molecule has 0 saturated heterocycles. The zero-order valence-corrected chi connectivity index (χ0v) is 11.4. The highest BCUT2D eigenvalue weighted by Gasteiger charge is 2.11. The molecule has 5 heteroatoms. The van der Waals surface area contributed by atoms with E-state index in [-0.39, 0.29) is 5.56 Å². The number of aromatic nitrogens is 2. The average Bonchev–Trinajstić information content (AvgIpc) is 2.77. The summed E-state index contributed by atoms with van der Waals surface area (Å²) in [6, 6.07) is 9.11. The minimum absolute atomic E-state index is 0.274. The number of fused-ring (bicyclic) bond motifs is 1. The topological polar surface area (TPSA) is 54.9 Å². The van der Waals surface area contributed by atoms with Crippen LogP contribution in [0.3, 0.4) is 0 Å². The summed E-state index contributed by atoms with van der Waals surface area (Å²) in [5.74, 6) is 0. The van der Waals surface area contributed by atoms with Gasteiger partial charge in [0.1, 0.15) is 5.00 Å². The highest BCUT2D eigenvalue weighted by atomic mass is 32.1. The lowest BCUT2D eigenvalue weighted by molar-refractivity contribution is 0.916. The van der Waals surface area contributed by atoms with E-state index in [9.17, 15) is 9.59 Å². The van der Waals surface area contributed by atoms with Crippen molar-refractivity contribution in [2.75, 3.05) is 0 Å². The van der Waals surface area contributed by atoms with E-state index in [1.165, 1.54) is 15.9 Å². The maximum Gasteiger partial charge on any atom is 0.334 e. The van der Waals surface area contributed by atoms with Gasteiger partial charge in [-0.3, -0.25) is 4.79 Å². The third-order valence-electron chi connectivity index (χ3n) is 3.09. The van der Waals surface area contributed by atoms with E-state index in [0.717, 1.165) is 10.4 Å². The average molecular weight is 272 g/mol. The second kappa shape index (κ2) is 4.20. The molecule has 0 radical (unpaired) electrons. The number of aromatic amines is 1. The fourth-order valence-electron chi connectivity index (χ4n) is 2.13. The second-order valence-electron chi connectivity index (χ2n) is 4.45. The van der Waals surface area contributed by atoms with E-state index in [1.807, 2.05) is 32.0 Å². The fraction of sp³-hybridized carbons (Fsp3) is 0.143. The molecule has 0 aliphatic rings. The summed E-state index contributed by atoms with van der Waals surface area (Å²) < 4.78 is 1.19. The number of para-hydroxylation sites is 1. The summed E-state index contributed by atoms with van der Waals surface area (Å²) in [6.07, 6.45) is 0. The Hall–Kier alpha value is -2.14. The first-order valence-electron chi connectivity index (χ1n) is 5.89. The van der Waals surface area contributed by atoms with Gasteiger partial charge in [-0.25, -0.2) is 9.36 Å². The monoisotopic (exact) mass is 272 g/mol. The molecular formula is C14H12N2O2S. The van der Waals surface area contributed by atoms with Gasteiger partial charge < -0.3 is 4.98 Å². The fourth-order valence-corrected chi connectivity index (χ4v) is 2.99. The Morgan fingerprint density at radius 1 is 1.11 bits per heavy atom. The lowest BCUT2D eigenvalue weighted by Crippen LogP contribution is -2.33. The van der Waals surface area contributed by atoms with Gasteiger partial charge in [0, 0.05) is 4.88 Å². The van der Waals surface area contributed by atoms with Crippen LogP contribution in [0, 0.1) is 13.8 Å². The van der Waals surface area contributed by atoms with Crippen LogP contribution >= 0.6 is 11.3 Å². The summed E-state index contributed by atoms with van der Waals surface area (Å²) in [6.45, 7) is 3.82. The summed E-state index contributed by atoms with van der Waals surface area (Å²) in [5.41, 5.74) is 0.834. The molecule has 19 heavy (non-hydrogen) atoms. The van der Waals surface area contributed by atoms with Gasteiger partial charge in [-0.2, -0.15) is 0 Å². The minimum Gasteiger partial charge on any atom is -0.306 e. The molecule has 0 fully saturated rings. The van der Waals surface area contributed by atoms with Crippen LogP contribution in [-0.4, -0.2) is 9.55 Å². The largest absolute Gasteiger partial charge is 0.334 e. The molecule has 0 aliphatic heterocycles. The molecule has 3 rings (SSSR count). The molecule has 2 heterocycles. The number of nitrogens with zero attached hydrogens (tertiary/aromatic N) is 1. The maximum absolute atomic E-state index is 12.5. The van der Waals surface area contributed by atoms with Crippen LogP contribution in [-0.2, 0) is 0 Å². The highest BCUT2D eigenvalue weighted by Crippen LogP contribution is 2.18. The van der Waals surface area contributed by atoms with E-state index in [2.05, 4.69) is 4.98 Å². The highest BCUT2D eigenvalue weighted by molar-refractivity contribution is 7.14. The van der Waals surface area contributed by atoms with Crippen molar-refractivity contribution in [2.45, 2.75) is 13.8 Å². The Morgan fingerprint density at radius 2 is 1.89 bits per heavy atom. The molecule has 3 aromatic rings. The molecule has 0 bridgehead atoms. The van der Waals surface area contributed by atoms with Crippen molar-refractivity contribution in [1.29, 1.82) is 0 Å². The van der Waals surface area contributed by atoms with E-state index in [0.29, 0.717) is 15.9 Å². The van der Waals surface area contributed by atoms with Crippen molar-refractivity contribution >= 4 is 22.2 Å². The van der Waals surface area contributed by atoms with Crippen LogP contribution in [0.15, 0.2) is 39.9 Å². The van der Waals surface area contributed by atoms with Gasteiger partial charge in [0.15, 0.2) is 0 Å². The Morgan fingerprint density at radius 3 is 2.58 bits per heavy atom. The van der Waals surface area contributed by atoms with Crippen LogP contribution < -0.4 is 11.2 Å². The molecule has 2 aromatic heterocycles. The molecule has 0 spiro atoms. The molecule has 4 nitrogen and oxygen atoms in total. The van der Waals surface area contributed by atoms with Crippen LogP contribution in [0.5, 0.6) is 0 Å². The van der Waals surface area contributed by atoms with Crippen molar-refractivity contribution in [1.82, 2.24) is 9.55 Å². The van der Waals surface area contributed by atoms with Crippen molar-refractivity contribution < 1.29 is 0 Å². The summed E-state index contributed by atoms with van der Waals surface area (Å²) in [7, 11) is 0. The van der Waals surface area contributed by atoms with Crippen LogP contribution in [0.1, 0.15) is 10.4 Å². The molecule has 0 atom stereocenters. The summed E-state index contributed by atoms with van der Waals surface area (Å²) >= 11 is 1.42. The third-order valence-corrected chi connectivity index (χ3v) is 4.07. The number of nitrogens with one attached hydrogen (secondary N) is 1. The molecule has 0 saturated carbocycles. The van der Waals surface area contributed by atoms with Crippen LogP contribution in [0.2, 0.25) is 0 Å². The van der Waals surface area contributed by atoms with E-state index in [1.54, 1.807) is 12.1 Å². The Kier molecular flexibility index (Phi) is 2.64. The van der Waals surface area contributed by atoms with Gasteiger partial charge in [-0.05, 0) is 37.6 Å². The number of rotatable bonds is 1. The quantitative estimate of drug-likeness (QED) is 0.739. The molecule has 1 N–H and O–H groups in total. The van der Waals surface area contributed by atoms with Crippen LogP contribution in [0.4, 0.5) is 0 Å². The van der Waals surface area contributed by atoms with Gasteiger partial charge in [0.25, 0.3) is 5.56 Å². The zero-order chi connectivity index (χ0) is 13.6. The van der Waals surface area contributed by atoms with Gasteiger partial charge in [-0.15, -0.1) is 11.3 Å². The molecule has 0 unspecified atom stereocenters. The number of benzene rings is 1. The predicted octanol–water partition coefficient (Wildman–Crippen LogP) is 2.36. The summed E-state index contributed by atoms with van der Waals surface area (Å²) in [5, 5.41) is 1.18.